The summed E-state index contributed by atoms with van der Waals surface area (Å²) in [4.78, 5) is 12.9. The summed E-state index contributed by atoms with van der Waals surface area (Å²) < 4.78 is 0. The molecule has 6 heteroatoms. The van der Waals surface area contributed by atoms with Crippen LogP contribution in [0.3, 0.4) is 0 Å². The Bertz CT molecular complexity index is 523. The minimum Gasteiger partial charge on any atom is -0.364 e. The summed E-state index contributed by atoms with van der Waals surface area (Å²) in [5, 5.41) is 11.6. The summed E-state index contributed by atoms with van der Waals surface area (Å²) in [6, 6.07) is 5.63. The van der Waals surface area contributed by atoms with Crippen molar-refractivity contribution in [1.82, 2.24) is 0 Å². The lowest BCUT2D eigenvalue weighted by atomic mass is 9.81. The summed E-state index contributed by atoms with van der Waals surface area (Å²) >= 11 is 6.29. The quantitative estimate of drug-likeness (QED) is 0.672. The van der Waals surface area contributed by atoms with Crippen LogP contribution in [-0.4, -0.2) is 23.0 Å². The average molecular weight is 296 g/mol. The van der Waals surface area contributed by atoms with E-state index < -0.39 is 0 Å². The first-order chi connectivity index (χ1) is 9.56. The van der Waals surface area contributed by atoms with Crippen molar-refractivity contribution in [3.8, 4) is 0 Å². The topological polar surface area (TPSA) is 72.4 Å². The van der Waals surface area contributed by atoms with Gasteiger partial charge in [0.25, 0.3) is 5.69 Å². The molecule has 20 heavy (non-hydrogen) atoms. The monoisotopic (exact) mass is 295 g/mol. The highest BCUT2D eigenvalue weighted by molar-refractivity contribution is 6.33. The SMILES string of the molecule is NC1CC2CCCC(C1)N2c1cc([N+](=O)[O-])ccc1Cl. The Morgan fingerprint density at radius 3 is 2.55 bits per heavy atom. The predicted octanol–water partition coefficient (Wildman–Crippen LogP) is 3.10. The molecule has 2 aliphatic heterocycles. The lowest BCUT2D eigenvalue weighted by molar-refractivity contribution is -0.384. The van der Waals surface area contributed by atoms with Crippen LogP contribution in [0.25, 0.3) is 0 Å². The van der Waals surface area contributed by atoms with Gasteiger partial charge in [-0.3, -0.25) is 10.1 Å². The molecule has 2 atom stereocenters. The molecule has 2 aliphatic rings. The van der Waals surface area contributed by atoms with Crippen LogP contribution >= 0.6 is 11.6 Å². The van der Waals surface area contributed by atoms with Crippen molar-refractivity contribution in [2.75, 3.05) is 4.90 Å². The Balaban J connectivity index is 1.99. The van der Waals surface area contributed by atoms with Gasteiger partial charge < -0.3 is 10.6 Å². The average Bonchev–Trinajstić information content (AvgIpc) is 2.38. The largest absolute Gasteiger partial charge is 0.364 e. The standard InChI is InChI=1S/C14H18ClN3O2/c15-13-5-4-12(18(19)20)8-14(13)17-10-2-1-3-11(17)7-9(16)6-10/h4-5,8-11H,1-3,6-7,16H2. The van der Waals surface area contributed by atoms with Crippen molar-refractivity contribution in [1.29, 1.82) is 0 Å². The van der Waals surface area contributed by atoms with Gasteiger partial charge in [0.05, 0.1) is 15.6 Å². The first kappa shape index (κ1) is 13.6. The van der Waals surface area contributed by atoms with Crippen LogP contribution in [0.1, 0.15) is 32.1 Å². The van der Waals surface area contributed by atoms with Crippen LogP contribution in [0.2, 0.25) is 5.02 Å². The molecule has 1 aromatic carbocycles. The highest BCUT2D eigenvalue weighted by Gasteiger charge is 2.38. The molecular formula is C14H18ClN3O2. The first-order valence-electron chi connectivity index (χ1n) is 7.04. The normalized spacial score (nSPS) is 29.3. The fourth-order valence-corrected chi connectivity index (χ4v) is 3.84. The molecule has 2 fully saturated rings. The van der Waals surface area contributed by atoms with E-state index in [0.29, 0.717) is 17.1 Å². The number of non-ortho nitro benzene ring substituents is 1. The number of hydrogen-bond acceptors (Lipinski definition) is 4. The van der Waals surface area contributed by atoms with E-state index in [1.54, 1.807) is 12.1 Å². The van der Waals surface area contributed by atoms with E-state index in [1.807, 2.05) is 0 Å². The maximum absolute atomic E-state index is 11.0. The molecule has 2 heterocycles. The Labute approximate surface area is 122 Å². The maximum atomic E-state index is 11.0. The van der Waals surface area contributed by atoms with Crippen molar-refractivity contribution in [2.24, 2.45) is 5.73 Å². The Morgan fingerprint density at radius 1 is 1.30 bits per heavy atom. The molecule has 2 N–H and O–H groups in total. The summed E-state index contributed by atoms with van der Waals surface area (Å²) in [5.41, 5.74) is 7.00. The molecule has 0 saturated carbocycles. The fourth-order valence-electron chi connectivity index (χ4n) is 3.63. The number of nitrogens with zero attached hydrogens (tertiary/aromatic N) is 2. The van der Waals surface area contributed by atoms with Gasteiger partial charge in [-0.05, 0) is 38.2 Å². The molecule has 5 nitrogen and oxygen atoms in total. The zero-order valence-electron chi connectivity index (χ0n) is 11.2. The van der Waals surface area contributed by atoms with Gasteiger partial charge in [-0.2, -0.15) is 0 Å². The molecule has 0 aliphatic carbocycles. The number of nitro groups is 1. The smallest absolute Gasteiger partial charge is 0.271 e. The molecule has 2 unspecified atom stereocenters. The minimum atomic E-state index is -0.370. The number of anilines is 1. The van der Waals surface area contributed by atoms with Crippen molar-refractivity contribution in [2.45, 2.75) is 50.2 Å². The second kappa shape index (κ2) is 5.22. The van der Waals surface area contributed by atoms with Gasteiger partial charge in [-0.15, -0.1) is 0 Å². The number of fused-ring (bicyclic) bond motifs is 2. The molecule has 2 saturated heterocycles. The van der Waals surface area contributed by atoms with Crippen LogP contribution in [0, 0.1) is 10.1 Å². The lowest BCUT2D eigenvalue weighted by Gasteiger charge is -2.49. The van der Waals surface area contributed by atoms with Crippen LogP contribution in [0.4, 0.5) is 11.4 Å². The number of rotatable bonds is 2. The molecular weight excluding hydrogens is 278 g/mol. The van der Waals surface area contributed by atoms with Gasteiger partial charge >= 0.3 is 0 Å². The third-order valence-electron chi connectivity index (χ3n) is 4.43. The first-order valence-corrected chi connectivity index (χ1v) is 7.42. The van der Waals surface area contributed by atoms with Gasteiger partial charge in [-0.25, -0.2) is 0 Å². The summed E-state index contributed by atoms with van der Waals surface area (Å²) in [6.45, 7) is 0. The minimum absolute atomic E-state index is 0.0948. The number of nitrogens with two attached hydrogens (primary N) is 1. The van der Waals surface area contributed by atoms with Gasteiger partial charge in [-0.1, -0.05) is 11.6 Å². The van der Waals surface area contributed by atoms with Crippen molar-refractivity contribution >= 4 is 23.0 Å². The summed E-state index contributed by atoms with van der Waals surface area (Å²) in [7, 11) is 0. The van der Waals surface area contributed by atoms with Crippen LogP contribution in [0.15, 0.2) is 18.2 Å². The van der Waals surface area contributed by atoms with Crippen molar-refractivity contribution in [3.63, 3.8) is 0 Å². The lowest BCUT2D eigenvalue weighted by Crippen LogP contribution is -2.55. The Morgan fingerprint density at radius 2 is 1.95 bits per heavy atom. The molecule has 0 amide bonds. The number of piperidine rings is 2. The predicted molar refractivity (Wildman–Crippen MR) is 79.2 cm³/mol. The number of halogens is 1. The van der Waals surface area contributed by atoms with E-state index in [4.69, 9.17) is 17.3 Å². The molecule has 0 aromatic heterocycles. The third-order valence-corrected chi connectivity index (χ3v) is 4.75. The van der Waals surface area contributed by atoms with Gasteiger partial charge in [0.15, 0.2) is 0 Å². The zero-order chi connectivity index (χ0) is 14.3. The number of hydrogen-bond donors (Lipinski definition) is 1. The van der Waals surface area contributed by atoms with E-state index in [9.17, 15) is 10.1 Å². The molecule has 0 spiro atoms. The van der Waals surface area contributed by atoms with Crippen molar-refractivity contribution in [3.05, 3.63) is 33.3 Å². The van der Waals surface area contributed by atoms with Crippen LogP contribution in [-0.2, 0) is 0 Å². The van der Waals surface area contributed by atoms with E-state index in [-0.39, 0.29) is 16.7 Å². The second-order valence-electron chi connectivity index (χ2n) is 5.77. The molecule has 3 rings (SSSR count). The van der Waals surface area contributed by atoms with E-state index in [1.165, 1.54) is 12.5 Å². The van der Waals surface area contributed by atoms with Gasteiger partial charge in [0, 0.05) is 30.3 Å². The van der Waals surface area contributed by atoms with Gasteiger partial charge in [0.2, 0.25) is 0 Å². The second-order valence-corrected chi connectivity index (χ2v) is 6.18. The van der Waals surface area contributed by atoms with E-state index >= 15 is 0 Å². The molecule has 1 aromatic rings. The maximum Gasteiger partial charge on any atom is 0.271 e. The highest BCUT2D eigenvalue weighted by Crippen LogP contribution is 2.41. The fraction of sp³-hybridized carbons (Fsp3) is 0.571. The van der Waals surface area contributed by atoms with Gasteiger partial charge in [0.1, 0.15) is 0 Å². The summed E-state index contributed by atoms with van der Waals surface area (Å²) in [6.07, 6.45) is 5.25. The molecule has 108 valence electrons. The molecule has 0 radical (unpaired) electrons. The van der Waals surface area contributed by atoms with E-state index in [0.717, 1.165) is 31.4 Å². The van der Waals surface area contributed by atoms with Crippen LogP contribution < -0.4 is 10.6 Å². The zero-order valence-corrected chi connectivity index (χ0v) is 11.9. The number of benzene rings is 1. The summed E-state index contributed by atoms with van der Waals surface area (Å²) in [5.74, 6) is 0. The highest BCUT2D eigenvalue weighted by atomic mass is 35.5. The van der Waals surface area contributed by atoms with E-state index in [2.05, 4.69) is 4.90 Å². The van der Waals surface area contributed by atoms with Crippen molar-refractivity contribution < 1.29 is 4.92 Å². The Hall–Kier alpha value is -1.33. The Kier molecular flexibility index (Phi) is 3.56. The molecule has 2 bridgehead atoms. The number of nitro benzene ring substituents is 1. The van der Waals surface area contributed by atoms with Crippen LogP contribution in [0.5, 0.6) is 0 Å². The third kappa shape index (κ3) is 2.36.